The molecule has 0 spiro atoms. The van der Waals surface area contributed by atoms with Gasteiger partial charge in [0.05, 0.1) is 30.0 Å². The van der Waals surface area contributed by atoms with E-state index < -0.39 is 31.5 Å². The van der Waals surface area contributed by atoms with Crippen LogP contribution in [0.2, 0.25) is 0 Å². The third-order valence-electron chi connectivity index (χ3n) is 9.69. The van der Waals surface area contributed by atoms with Crippen LogP contribution in [0, 0.1) is 11.8 Å². The predicted molar refractivity (Wildman–Crippen MR) is 182 cm³/mol. The summed E-state index contributed by atoms with van der Waals surface area (Å²) in [6.45, 7) is 4.65. The second-order valence-corrected chi connectivity index (χ2v) is 12.9. The SMILES string of the molecule is CC[C@@H]1CN(C(=O)NCC(F)(F)F)C[C@@H]1c1cnc2cnc3[nH]ccc3n12.CC[C@@H]1CNC[C@@H]1c1cnc2cnc3[nH]ccc3n12.NCC(F)(F)F. The number of nitrogens with one attached hydrogen (secondary N) is 4. The van der Waals surface area contributed by atoms with E-state index in [1.165, 1.54) is 17.0 Å². The molecule has 8 heterocycles. The molecular formula is C33H40F6N12O. The number of amides is 2. The first-order valence-corrected chi connectivity index (χ1v) is 17.0. The molecule has 2 aliphatic rings. The summed E-state index contributed by atoms with van der Waals surface area (Å²) in [4.78, 5) is 37.5. The van der Waals surface area contributed by atoms with Crippen molar-refractivity contribution in [2.45, 2.75) is 50.9 Å². The van der Waals surface area contributed by atoms with E-state index in [4.69, 9.17) is 0 Å². The Labute approximate surface area is 293 Å². The smallest absolute Gasteiger partial charge is 0.345 e. The molecule has 0 aliphatic carbocycles. The molecule has 19 heteroatoms. The molecule has 8 rings (SSSR count). The van der Waals surface area contributed by atoms with Crippen molar-refractivity contribution in [3.8, 4) is 0 Å². The lowest BCUT2D eigenvalue weighted by molar-refractivity contribution is -0.123. The topological polar surface area (TPSA) is 162 Å². The van der Waals surface area contributed by atoms with Crippen molar-refractivity contribution in [1.82, 2.24) is 54.2 Å². The summed E-state index contributed by atoms with van der Waals surface area (Å²) in [5.41, 5.74) is 11.7. The predicted octanol–water partition coefficient (Wildman–Crippen LogP) is 5.34. The fraction of sp³-hybridized carbons (Fsp3) is 0.485. The molecule has 0 aromatic carbocycles. The maximum Gasteiger partial charge on any atom is 0.405 e. The average Bonchev–Trinajstić information content (AvgIpc) is 3.95. The van der Waals surface area contributed by atoms with Crippen LogP contribution in [-0.2, 0) is 0 Å². The van der Waals surface area contributed by atoms with E-state index in [9.17, 15) is 31.1 Å². The highest BCUT2D eigenvalue weighted by Gasteiger charge is 2.38. The number of H-pyrrole nitrogens is 2. The van der Waals surface area contributed by atoms with Gasteiger partial charge in [0, 0.05) is 67.6 Å². The quantitative estimate of drug-likeness (QED) is 0.150. The van der Waals surface area contributed by atoms with Crippen molar-refractivity contribution < 1.29 is 31.1 Å². The Kier molecular flexibility index (Phi) is 10.6. The van der Waals surface area contributed by atoms with Crippen LogP contribution in [0.3, 0.4) is 0 Å². The summed E-state index contributed by atoms with van der Waals surface area (Å²) < 4.78 is 73.4. The normalized spacial score (nSPS) is 20.8. The molecule has 280 valence electrons. The molecular weight excluding hydrogens is 694 g/mol. The summed E-state index contributed by atoms with van der Waals surface area (Å²) >= 11 is 0. The number of carbonyl (C=O) groups is 1. The lowest BCUT2D eigenvalue weighted by atomic mass is 9.91. The molecule has 0 unspecified atom stereocenters. The van der Waals surface area contributed by atoms with E-state index in [0.717, 1.165) is 53.2 Å². The molecule has 6 aromatic heterocycles. The van der Waals surface area contributed by atoms with Crippen LogP contribution in [0.5, 0.6) is 0 Å². The number of hydrogen-bond acceptors (Lipinski definition) is 7. The van der Waals surface area contributed by atoms with Gasteiger partial charge in [0.25, 0.3) is 0 Å². The van der Waals surface area contributed by atoms with Gasteiger partial charge in [-0.1, -0.05) is 26.7 Å². The Morgan fingerprint density at radius 2 is 1.33 bits per heavy atom. The van der Waals surface area contributed by atoms with E-state index in [1.807, 2.05) is 41.3 Å². The molecule has 4 atom stereocenters. The van der Waals surface area contributed by atoms with Crippen LogP contribution in [0.4, 0.5) is 31.1 Å². The first kappa shape index (κ1) is 36.9. The van der Waals surface area contributed by atoms with Gasteiger partial charge in [-0.05, 0) is 30.5 Å². The maximum atomic E-state index is 12.4. The van der Waals surface area contributed by atoms with Crippen LogP contribution < -0.4 is 16.4 Å². The zero-order chi connectivity index (χ0) is 37.2. The fourth-order valence-corrected chi connectivity index (χ4v) is 7.09. The van der Waals surface area contributed by atoms with Crippen molar-refractivity contribution in [2.75, 3.05) is 39.3 Å². The number of fused-ring (bicyclic) bond motifs is 6. The van der Waals surface area contributed by atoms with E-state index in [1.54, 1.807) is 18.6 Å². The highest BCUT2D eigenvalue weighted by molar-refractivity contribution is 5.76. The minimum absolute atomic E-state index is 0.0119. The Hall–Kier alpha value is -4.91. The summed E-state index contributed by atoms with van der Waals surface area (Å²) in [5.74, 6) is 1.37. The van der Waals surface area contributed by atoms with Crippen molar-refractivity contribution in [3.63, 3.8) is 0 Å². The van der Waals surface area contributed by atoms with Gasteiger partial charge in [0.1, 0.15) is 6.54 Å². The highest BCUT2D eigenvalue weighted by atomic mass is 19.4. The standard InChI is InChI=1S/C17H19F3N6O.C14H17N5.C2H4F3N/c1-2-10-7-25(16(27)24-9-17(18,19)20)8-11(10)13-5-22-14-6-23-15-12(26(13)14)3-4-21-15;1-2-9-5-15-6-10(9)12-7-17-13-8-18-14-11(19(12)13)3-4-16-14;3-2(4,5)1-6/h3-6,10-11,21H,2,7-9H2,1H3,(H,24,27);3-4,7-10,15-16H,2,5-6H2,1H3;1,6H2/t10-,11+;9-,10+;/m11./s1. The second kappa shape index (κ2) is 15.0. The molecule has 6 N–H and O–H groups in total. The second-order valence-electron chi connectivity index (χ2n) is 12.9. The third kappa shape index (κ3) is 7.79. The Morgan fingerprint density at radius 3 is 1.83 bits per heavy atom. The number of likely N-dealkylation sites (tertiary alicyclic amines) is 1. The number of halogens is 6. The highest BCUT2D eigenvalue weighted by Crippen LogP contribution is 2.36. The molecule has 2 amide bonds. The van der Waals surface area contributed by atoms with Crippen LogP contribution >= 0.6 is 0 Å². The molecule has 2 aliphatic heterocycles. The molecule has 52 heavy (non-hydrogen) atoms. The monoisotopic (exact) mass is 734 g/mol. The number of aromatic amines is 2. The molecule has 2 saturated heterocycles. The maximum absolute atomic E-state index is 12.4. The Bertz CT molecular complexity index is 2110. The molecule has 6 aromatic rings. The first-order chi connectivity index (χ1) is 24.8. The summed E-state index contributed by atoms with van der Waals surface area (Å²) in [5, 5.41) is 5.47. The molecule has 0 bridgehead atoms. The molecule has 13 nitrogen and oxygen atoms in total. The number of aromatic nitrogens is 8. The number of nitrogens with zero attached hydrogens (tertiary/aromatic N) is 7. The lowest BCUT2D eigenvalue weighted by Gasteiger charge is -2.18. The number of nitrogens with two attached hydrogens (primary N) is 1. The number of carbonyl (C=O) groups excluding carboxylic acids is 1. The molecule has 0 radical (unpaired) electrons. The van der Waals surface area contributed by atoms with Gasteiger partial charge >= 0.3 is 18.4 Å². The number of rotatable bonds is 5. The summed E-state index contributed by atoms with van der Waals surface area (Å²) in [7, 11) is 0. The number of hydrogen-bond donors (Lipinski definition) is 5. The van der Waals surface area contributed by atoms with Crippen LogP contribution in [0.25, 0.3) is 33.6 Å². The van der Waals surface area contributed by atoms with Crippen molar-refractivity contribution in [3.05, 3.63) is 60.7 Å². The van der Waals surface area contributed by atoms with Gasteiger partial charge in [-0.2, -0.15) is 26.3 Å². The van der Waals surface area contributed by atoms with Crippen molar-refractivity contribution in [1.29, 1.82) is 0 Å². The van der Waals surface area contributed by atoms with Crippen molar-refractivity contribution in [2.24, 2.45) is 17.6 Å². The minimum atomic E-state index is -4.42. The van der Waals surface area contributed by atoms with Gasteiger partial charge in [-0.25, -0.2) is 24.7 Å². The van der Waals surface area contributed by atoms with Crippen LogP contribution in [-0.4, -0.2) is 101 Å². The lowest BCUT2D eigenvalue weighted by Crippen LogP contribution is -2.42. The zero-order valence-electron chi connectivity index (χ0n) is 28.5. The average molecular weight is 735 g/mol. The van der Waals surface area contributed by atoms with Gasteiger partial charge in [-0.15, -0.1) is 0 Å². The molecule has 0 saturated carbocycles. The Balaban J connectivity index is 0.000000161. The van der Waals surface area contributed by atoms with E-state index >= 15 is 0 Å². The number of imidazole rings is 2. The van der Waals surface area contributed by atoms with E-state index in [-0.39, 0.29) is 11.8 Å². The van der Waals surface area contributed by atoms with Gasteiger partial charge in [0.15, 0.2) is 22.6 Å². The number of alkyl halides is 6. The van der Waals surface area contributed by atoms with Gasteiger partial charge in [0.2, 0.25) is 0 Å². The summed E-state index contributed by atoms with van der Waals surface area (Å²) in [6.07, 6.45) is 4.44. The van der Waals surface area contributed by atoms with E-state index in [0.29, 0.717) is 30.6 Å². The van der Waals surface area contributed by atoms with Crippen molar-refractivity contribution >= 4 is 39.7 Å². The summed E-state index contributed by atoms with van der Waals surface area (Å²) in [6, 6.07) is 3.30. The zero-order valence-corrected chi connectivity index (χ0v) is 28.5. The third-order valence-corrected chi connectivity index (χ3v) is 9.69. The molecule has 2 fully saturated rings. The minimum Gasteiger partial charge on any atom is -0.345 e. The van der Waals surface area contributed by atoms with Crippen LogP contribution in [0.1, 0.15) is 49.9 Å². The van der Waals surface area contributed by atoms with Gasteiger partial charge in [-0.3, -0.25) is 8.80 Å². The first-order valence-electron chi connectivity index (χ1n) is 17.0. The van der Waals surface area contributed by atoms with E-state index in [2.05, 4.69) is 58.3 Å². The van der Waals surface area contributed by atoms with Gasteiger partial charge < -0.3 is 31.2 Å². The van der Waals surface area contributed by atoms with Crippen LogP contribution in [0.15, 0.2) is 49.3 Å². The fourth-order valence-electron chi connectivity index (χ4n) is 7.09. The largest absolute Gasteiger partial charge is 0.405 e. The number of urea groups is 1. The Morgan fingerprint density at radius 1 is 0.788 bits per heavy atom.